The van der Waals surface area contributed by atoms with Crippen molar-refractivity contribution in [3.8, 4) is 5.75 Å². The van der Waals surface area contributed by atoms with Gasteiger partial charge in [0.15, 0.2) is 6.61 Å². The van der Waals surface area contributed by atoms with E-state index in [1.165, 1.54) is 41.3 Å². The van der Waals surface area contributed by atoms with Gasteiger partial charge in [-0.3, -0.25) is 14.3 Å². The number of halogens is 2. The van der Waals surface area contributed by atoms with E-state index in [-0.39, 0.29) is 42.4 Å². The molecule has 0 spiro atoms. The molecule has 0 aliphatic rings. The predicted octanol–water partition coefficient (Wildman–Crippen LogP) is 4.41. The second kappa shape index (κ2) is 15.3. The molecule has 4 aromatic rings. The number of carbonyl (C=O) groups excluding carboxylic acids is 2. The van der Waals surface area contributed by atoms with Crippen LogP contribution in [0.3, 0.4) is 0 Å². The smallest absolute Gasteiger partial charge is 0.261 e. The van der Waals surface area contributed by atoms with Gasteiger partial charge in [-0.25, -0.2) is 12.8 Å². The van der Waals surface area contributed by atoms with Gasteiger partial charge in [0.25, 0.3) is 15.9 Å². The first kappa shape index (κ1) is 32.5. The Bertz CT molecular complexity index is 1640. The third kappa shape index (κ3) is 9.27. The molecule has 0 aliphatic carbocycles. The maximum absolute atomic E-state index is 13.7. The Morgan fingerprint density at radius 1 is 0.886 bits per heavy atom. The van der Waals surface area contributed by atoms with Crippen LogP contribution in [-0.4, -0.2) is 56.0 Å². The molecule has 3 N–H and O–H groups in total. The number of carbonyl (C=O) groups is 2. The molecule has 230 valence electrons. The summed E-state index contributed by atoms with van der Waals surface area (Å²) in [5.41, 5.74) is 1.77. The van der Waals surface area contributed by atoms with Crippen LogP contribution in [0.1, 0.15) is 11.1 Å². The van der Waals surface area contributed by atoms with Gasteiger partial charge in [-0.1, -0.05) is 54.1 Å². The van der Waals surface area contributed by atoms with Gasteiger partial charge >= 0.3 is 0 Å². The number of rotatable bonds is 14. The van der Waals surface area contributed by atoms with Crippen LogP contribution < -0.4 is 14.8 Å². The Balaban J connectivity index is 1.52. The molecule has 12 heteroatoms. The fourth-order valence-electron chi connectivity index (χ4n) is 4.31. The van der Waals surface area contributed by atoms with Gasteiger partial charge in [0.05, 0.1) is 11.5 Å². The van der Waals surface area contributed by atoms with Crippen LogP contribution >= 0.6 is 11.6 Å². The van der Waals surface area contributed by atoms with Crippen molar-refractivity contribution < 1.29 is 32.2 Å². The predicted molar refractivity (Wildman–Crippen MR) is 165 cm³/mol. The Hall–Kier alpha value is -4.45. The molecule has 0 radical (unpaired) electrons. The molecular weight excluding hydrogens is 609 g/mol. The molecule has 0 unspecified atom stereocenters. The first-order valence-corrected chi connectivity index (χ1v) is 15.5. The lowest BCUT2D eigenvalue weighted by atomic mass is 10.0. The van der Waals surface area contributed by atoms with Gasteiger partial charge in [-0.15, -0.1) is 0 Å². The number of nitrogens with one attached hydrogen (secondary N) is 2. The highest BCUT2D eigenvalue weighted by atomic mass is 35.5. The molecule has 4 aromatic carbocycles. The Morgan fingerprint density at radius 3 is 2.18 bits per heavy atom. The average molecular weight is 640 g/mol. The van der Waals surface area contributed by atoms with Crippen molar-refractivity contribution in [2.24, 2.45) is 0 Å². The molecule has 44 heavy (non-hydrogen) atoms. The number of nitrogens with zero attached hydrogens (tertiary/aromatic N) is 1. The van der Waals surface area contributed by atoms with Crippen LogP contribution in [0.4, 0.5) is 10.1 Å². The van der Waals surface area contributed by atoms with Crippen molar-refractivity contribution in [1.29, 1.82) is 0 Å². The maximum Gasteiger partial charge on any atom is 0.261 e. The van der Waals surface area contributed by atoms with E-state index in [1.54, 1.807) is 24.3 Å². The van der Waals surface area contributed by atoms with Gasteiger partial charge in [-0.05, 0) is 71.8 Å². The van der Waals surface area contributed by atoms with Crippen molar-refractivity contribution >= 4 is 39.1 Å². The molecule has 0 saturated heterocycles. The number of ether oxygens (including phenoxy) is 1. The summed E-state index contributed by atoms with van der Waals surface area (Å²) in [6.07, 6.45) is 0.213. The minimum atomic E-state index is -3.96. The van der Waals surface area contributed by atoms with Gasteiger partial charge < -0.3 is 20.1 Å². The van der Waals surface area contributed by atoms with E-state index >= 15 is 0 Å². The first-order valence-electron chi connectivity index (χ1n) is 13.6. The lowest BCUT2D eigenvalue weighted by molar-refractivity contribution is -0.142. The van der Waals surface area contributed by atoms with Gasteiger partial charge in [0.2, 0.25) is 5.91 Å². The first-order chi connectivity index (χ1) is 21.1. The zero-order valence-electron chi connectivity index (χ0n) is 23.5. The summed E-state index contributed by atoms with van der Waals surface area (Å²) in [5.74, 6) is -1.19. The van der Waals surface area contributed by atoms with Crippen molar-refractivity contribution in [1.82, 2.24) is 10.2 Å². The highest BCUT2D eigenvalue weighted by molar-refractivity contribution is 7.92. The van der Waals surface area contributed by atoms with E-state index in [4.69, 9.17) is 16.3 Å². The number of benzene rings is 4. The normalized spacial score (nSPS) is 11.8. The topological polar surface area (TPSA) is 125 Å². The molecule has 2 amide bonds. The van der Waals surface area contributed by atoms with Gasteiger partial charge in [-0.2, -0.15) is 0 Å². The highest BCUT2D eigenvalue weighted by Crippen LogP contribution is 2.21. The standard InChI is InChI=1S/C32H31ClFN3O6S/c33-25-8-6-24(7-9-25)21-37(30(32(40)35-18-19-38)20-23-4-2-1-3-5-23)31(39)22-43-28-14-16-29(17-15-28)44(41,42)36-27-12-10-26(34)11-13-27/h1-17,30,36,38H,18-22H2,(H,35,40)/t30-/m1/s1. The van der Waals surface area contributed by atoms with Gasteiger partial charge in [0, 0.05) is 30.2 Å². The number of aliphatic hydroxyl groups is 1. The number of aliphatic hydroxyl groups excluding tert-OH is 1. The second-order valence-corrected chi connectivity index (χ2v) is 11.9. The molecule has 0 aromatic heterocycles. The molecular formula is C32H31ClFN3O6S. The number of sulfonamides is 1. The molecule has 0 heterocycles. The van der Waals surface area contributed by atoms with E-state index in [0.29, 0.717) is 5.02 Å². The highest BCUT2D eigenvalue weighted by Gasteiger charge is 2.30. The van der Waals surface area contributed by atoms with Crippen LogP contribution in [0, 0.1) is 5.82 Å². The largest absolute Gasteiger partial charge is 0.484 e. The monoisotopic (exact) mass is 639 g/mol. The Kier molecular flexibility index (Phi) is 11.3. The maximum atomic E-state index is 13.7. The molecule has 0 saturated carbocycles. The summed E-state index contributed by atoms with van der Waals surface area (Å²) < 4.78 is 46.8. The number of hydrogen-bond acceptors (Lipinski definition) is 6. The minimum Gasteiger partial charge on any atom is -0.484 e. The van der Waals surface area contributed by atoms with Crippen molar-refractivity contribution in [3.05, 3.63) is 125 Å². The summed E-state index contributed by atoms with van der Waals surface area (Å²) in [6, 6.07) is 25.6. The van der Waals surface area contributed by atoms with E-state index in [1.807, 2.05) is 30.3 Å². The SMILES string of the molecule is O=C(NCCO)[C@@H](Cc1ccccc1)N(Cc1ccc(Cl)cc1)C(=O)COc1ccc(S(=O)(=O)Nc2ccc(F)cc2)cc1. The lowest BCUT2D eigenvalue weighted by Gasteiger charge is -2.31. The molecule has 9 nitrogen and oxygen atoms in total. The number of anilines is 1. The number of hydrogen-bond donors (Lipinski definition) is 3. The fraction of sp³-hybridized carbons (Fsp3) is 0.188. The quantitative estimate of drug-likeness (QED) is 0.188. The summed E-state index contributed by atoms with van der Waals surface area (Å²) >= 11 is 6.05. The van der Waals surface area contributed by atoms with Crippen LogP contribution in [0.2, 0.25) is 5.02 Å². The third-order valence-corrected chi connectivity index (χ3v) is 8.19. The van der Waals surface area contributed by atoms with Crippen molar-refractivity contribution in [2.75, 3.05) is 24.5 Å². The summed E-state index contributed by atoms with van der Waals surface area (Å²) in [6.45, 7) is -0.597. The van der Waals surface area contributed by atoms with Crippen LogP contribution in [0.5, 0.6) is 5.75 Å². The van der Waals surface area contributed by atoms with E-state index < -0.39 is 40.3 Å². The van der Waals surface area contributed by atoms with Crippen molar-refractivity contribution in [3.63, 3.8) is 0 Å². The van der Waals surface area contributed by atoms with E-state index in [0.717, 1.165) is 23.3 Å². The summed E-state index contributed by atoms with van der Waals surface area (Å²) in [4.78, 5) is 28.3. The Labute approximate surface area is 260 Å². The molecule has 0 bridgehead atoms. The molecule has 4 rings (SSSR count). The van der Waals surface area contributed by atoms with Crippen molar-refractivity contribution in [2.45, 2.75) is 23.9 Å². The third-order valence-electron chi connectivity index (χ3n) is 6.54. The lowest BCUT2D eigenvalue weighted by Crippen LogP contribution is -2.52. The van der Waals surface area contributed by atoms with Crippen LogP contribution in [0.25, 0.3) is 0 Å². The summed E-state index contributed by atoms with van der Waals surface area (Å²) in [5, 5.41) is 12.5. The summed E-state index contributed by atoms with van der Waals surface area (Å²) in [7, 11) is -3.96. The van der Waals surface area contributed by atoms with Crippen LogP contribution in [0.15, 0.2) is 108 Å². The van der Waals surface area contributed by atoms with Gasteiger partial charge in [0.1, 0.15) is 17.6 Å². The van der Waals surface area contributed by atoms with E-state index in [9.17, 15) is 27.5 Å². The second-order valence-electron chi connectivity index (χ2n) is 9.74. The van der Waals surface area contributed by atoms with Crippen LogP contribution in [-0.2, 0) is 32.6 Å². The minimum absolute atomic E-state index is 0.0227. The Morgan fingerprint density at radius 2 is 1.55 bits per heavy atom. The van der Waals surface area contributed by atoms with E-state index in [2.05, 4.69) is 10.0 Å². The number of amides is 2. The molecule has 0 aliphatic heterocycles. The molecule has 0 fully saturated rings. The fourth-order valence-corrected chi connectivity index (χ4v) is 5.50. The zero-order chi connectivity index (χ0) is 31.5. The average Bonchev–Trinajstić information content (AvgIpc) is 3.03. The zero-order valence-corrected chi connectivity index (χ0v) is 25.1. The molecule has 1 atom stereocenters.